The lowest BCUT2D eigenvalue weighted by Crippen LogP contribution is -2.36. The average Bonchev–Trinajstić information content (AvgIpc) is 3.12. The van der Waals surface area contributed by atoms with Crippen LogP contribution in [0.2, 0.25) is 0 Å². The van der Waals surface area contributed by atoms with E-state index in [1.807, 2.05) is 0 Å². The highest BCUT2D eigenvalue weighted by Gasteiger charge is 2.17. The van der Waals surface area contributed by atoms with E-state index in [0.29, 0.717) is 22.4 Å². The maximum atomic E-state index is 12.0. The van der Waals surface area contributed by atoms with Crippen molar-refractivity contribution in [2.45, 2.75) is 31.7 Å². The number of aromatic nitrogens is 2. The molecule has 7 heteroatoms. The Kier molecular flexibility index (Phi) is 5.09. The highest BCUT2D eigenvalue weighted by Crippen LogP contribution is 2.18. The summed E-state index contributed by atoms with van der Waals surface area (Å²) in [6.07, 6.45) is 5.90. The summed E-state index contributed by atoms with van der Waals surface area (Å²) in [7, 11) is 1.27. The van der Waals surface area contributed by atoms with Crippen LogP contribution in [0.5, 0.6) is 0 Å². The number of amides is 2. The summed E-state index contributed by atoms with van der Waals surface area (Å²) in [5.41, 5.74) is 1.79. The van der Waals surface area contributed by atoms with Crippen LogP contribution >= 0.6 is 0 Å². The number of nitrogens with one attached hydrogen (secondary N) is 2. The van der Waals surface area contributed by atoms with Crippen molar-refractivity contribution in [1.82, 2.24) is 15.3 Å². The second-order valence-corrected chi connectivity index (χ2v) is 5.78. The molecular weight excluding hydrogens is 320 g/mol. The van der Waals surface area contributed by atoms with Crippen LogP contribution < -0.4 is 10.6 Å². The number of anilines is 1. The number of rotatable bonds is 2. The Morgan fingerprint density at radius 1 is 1.24 bits per heavy atom. The molecule has 0 bridgehead atoms. The van der Waals surface area contributed by atoms with Crippen molar-refractivity contribution < 1.29 is 14.3 Å². The molecule has 1 aliphatic carbocycles. The molecule has 0 saturated heterocycles. The number of nitrogens with zero attached hydrogens (tertiary/aromatic N) is 2. The van der Waals surface area contributed by atoms with Gasteiger partial charge in [0.25, 0.3) is 0 Å². The third-order valence-corrected chi connectivity index (χ3v) is 3.96. The van der Waals surface area contributed by atoms with Gasteiger partial charge in [0.15, 0.2) is 0 Å². The van der Waals surface area contributed by atoms with Gasteiger partial charge in [-0.2, -0.15) is 0 Å². The maximum Gasteiger partial charge on any atom is 0.384 e. The topological polar surface area (TPSA) is 93.2 Å². The first-order chi connectivity index (χ1) is 12.1. The predicted octanol–water partition coefficient (Wildman–Crippen LogP) is 2.22. The maximum absolute atomic E-state index is 12.0. The minimum atomic E-state index is -0.618. The zero-order chi connectivity index (χ0) is 17.6. The fourth-order valence-corrected chi connectivity index (χ4v) is 2.73. The van der Waals surface area contributed by atoms with Gasteiger partial charge in [-0.3, -0.25) is 10.3 Å². The molecule has 0 atom stereocenters. The number of pyridine rings is 2. The molecule has 128 valence electrons. The molecule has 1 fully saturated rings. The lowest BCUT2D eigenvalue weighted by Gasteiger charge is -2.12. The molecule has 25 heavy (non-hydrogen) atoms. The summed E-state index contributed by atoms with van der Waals surface area (Å²) in [5, 5.41) is 5.69. The molecule has 0 radical (unpaired) electrons. The molecule has 0 unspecified atom stereocenters. The Morgan fingerprint density at radius 2 is 2.04 bits per heavy atom. The largest absolute Gasteiger partial charge is 0.459 e. The fourth-order valence-electron chi connectivity index (χ4n) is 2.73. The molecule has 2 heterocycles. The number of carbonyl (C=O) groups excluding carboxylic acids is 2. The van der Waals surface area contributed by atoms with Crippen molar-refractivity contribution in [3.8, 4) is 11.8 Å². The van der Waals surface area contributed by atoms with Crippen molar-refractivity contribution in [1.29, 1.82) is 0 Å². The Bertz CT molecular complexity index is 863. The van der Waals surface area contributed by atoms with E-state index >= 15 is 0 Å². The molecular formula is C18H18N4O3. The van der Waals surface area contributed by atoms with Crippen molar-refractivity contribution in [2.24, 2.45) is 0 Å². The summed E-state index contributed by atoms with van der Waals surface area (Å²) in [4.78, 5) is 31.7. The van der Waals surface area contributed by atoms with Gasteiger partial charge in [0, 0.05) is 23.7 Å². The fraction of sp³-hybridized carbons (Fsp3) is 0.333. The van der Waals surface area contributed by atoms with Gasteiger partial charge in [0.05, 0.1) is 18.1 Å². The summed E-state index contributed by atoms with van der Waals surface area (Å²) < 4.78 is 4.47. The van der Waals surface area contributed by atoms with Gasteiger partial charge in [-0.15, -0.1) is 0 Å². The smallest absolute Gasteiger partial charge is 0.384 e. The Morgan fingerprint density at radius 3 is 2.80 bits per heavy atom. The first kappa shape index (κ1) is 16.7. The molecule has 1 saturated carbocycles. The van der Waals surface area contributed by atoms with E-state index in [9.17, 15) is 9.59 Å². The van der Waals surface area contributed by atoms with E-state index in [-0.39, 0.29) is 12.1 Å². The highest BCUT2D eigenvalue weighted by atomic mass is 16.5. The third kappa shape index (κ3) is 4.44. The molecule has 0 spiro atoms. The van der Waals surface area contributed by atoms with Crippen LogP contribution in [0.15, 0.2) is 24.4 Å². The summed E-state index contributed by atoms with van der Waals surface area (Å²) in [6, 6.07) is 5.16. The lowest BCUT2D eigenvalue weighted by molar-refractivity contribution is -0.133. The van der Waals surface area contributed by atoms with E-state index in [2.05, 4.69) is 37.2 Å². The van der Waals surface area contributed by atoms with Crippen LogP contribution in [0, 0.1) is 11.8 Å². The quantitative estimate of drug-likeness (QED) is 0.647. The Balaban J connectivity index is 1.74. The van der Waals surface area contributed by atoms with Crippen LogP contribution in [0.25, 0.3) is 11.0 Å². The van der Waals surface area contributed by atoms with E-state index < -0.39 is 5.97 Å². The number of urea groups is 1. The Labute approximate surface area is 145 Å². The zero-order valence-electron chi connectivity index (χ0n) is 13.8. The summed E-state index contributed by atoms with van der Waals surface area (Å²) in [5.74, 6) is 4.83. The number of ether oxygens (including phenoxy) is 1. The molecule has 0 aliphatic heterocycles. The van der Waals surface area contributed by atoms with Crippen molar-refractivity contribution in [3.05, 3.63) is 30.0 Å². The van der Waals surface area contributed by atoms with E-state index in [0.717, 1.165) is 25.7 Å². The molecule has 0 aromatic carbocycles. The van der Waals surface area contributed by atoms with Crippen molar-refractivity contribution >= 4 is 28.9 Å². The predicted molar refractivity (Wildman–Crippen MR) is 92.8 cm³/mol. The molecule has 2 N–H and O–H groups in total. The second-order valence-electron chi connectivity index (χ2n) is 5.78. The SMILES string of the molecule is COC(=O)C#Cc1cnc2ccc(NC(=O)NC3CCCC3)nc2c1. The van der Waals surface area contributed by atoms with Gasteiger partial charge in [0.1, 0.15) is 5.82 Å². The third-order valence-electron chi connectivity index (χ3n) is 3.96. The standard InChI is InChI=1S/C18H18N4O3/c1-25-17(23)9-6-12-10-15-14(19-11-12)7-8-16(21-15)22-18(24)20-13-4-2-3-5-13/h7-8,10-11,13H,2-5H2,1H3,(H2,20,21,22,24). The normalized spacial score (nSPS) is 13.8. The first-order valence-electron chi connectivity index (χ1n) is 8.08. The van der Waals surface area contributed by atoms with E-state index in [1.54, 1.807) is 24.4 Å². The molecule has 2 aromatic rings. The van der Waals surface area contributed by atoms with Gasteiger partial charge in [-0.25, -0.2) is 14.6 Å². The number of hydrogen-bond acceptors (Lipinski definition) is 5. The van der Waals surface area contributed by atoms with Gasteiger partial charge in [0.2, 0.25) is 0 Å². The zero-order valence-corrected chi connectivity index (χ0v) is 13.8. The molecule has 2 amide bonds. The van der Waals surface area contributed by atoms with Crippen LogP contribution in [0.4, 0.5) is 10.6 Å². The van der Waals surface area contributed by atoms with Gasteiger partial charge in [-0.05, 0) is 31.0 Å². The van der Waals surface area contributed by atoms with Crippen molar-refractivity contribution in [3.63, 3.8) is 0 Å². The molecule has 7 nitrogen and oxygen atoms in total. The minimum absolute atomic E-state index is 0.238. The average molecular weight is 338 g/mol. The lowest BCUT2D eigenvalue weighted by atomic mass is 10.2. The molecule has 2 aromatic heterocycles. The summed E-state index contributed by atoms with van der Waals surface area (Å²) >= 11 is 0. The highest BCUT2D eigenvalue weighted by molar-refractivity contribution is 5.90. The van der Waals surface area contributed by atoms with Crippen LogP contribution in [0.1, 0.15) is 31.2 Å². The van der Waals surface area contributed by atoms with E-state index in [4.69, 9.17) is 0 Å². The van der Waals surface area contributed by atoms with Crippen LogP contribution in [-0.2, 0) is 9.53 Å². The molecule has 1 aliphatic rings. The first-order valence-corrected chi connectivity index (χ1v) is 8.08. The monoisotopic (exact) mass is 338 g/mol. The van der Waals surface area contributed by atoms with Gasteiger partial charge < -0.3 is 10.1 Å². The van der Waals surface area contributed by atoms with Crippen molar-refractivity contribution in [2.75, 3.05) is 12.4 Å². The number of fused-ring (bicyclic) bond motifs is 1. The number of hydrogen-bond donors (Lipinski definition) is 2. The number of carbonyl (C=O) groups is 2. The van der Waals surface area contributed by atoms with Crippen LogP contribution in [-0.4, -0.2) is 35.1 Å². The number of esters is 1. The Hall–Kier alpha value is -3.14. The van der Waals surface area contributed by atoms with Crippen LogP contribution in [0.3, 0.4) is 0 Å². The second kappa shape index (κ2) is 7.62. The van der Waals surface area contributed by atoms with Gasteiger partial charge in [-0.1, -0.05) is 18.8 Å². The molecule has 3 rings (SSSR count). The number of methoxy groups -OCH3 is 1. The summed E-state index contributed by atoms with van der Waals surface area (Å²) in [6.45, 7) is 0. The van der Waals surface area contributed by atoms with E-state index in [1.165, 1.54) is 7.11 Å². The minimum Gasteiger partial charge on any atom is -0.459 e. The van der Waals surface area contributed by atoms with Gasteiger partial charge >= 0.3 is 12.0 Å².